The predicted octanol–water partition coefficient (Wildman–Crippen LogP) is -1.07. The molecular weight excluding hydrogens is 176 g/mol. The highest BCUT2D eigenvalue weighted by molar-refractivity contribution is 7.79. The lowest BCUT2D eigenvalue weighted by atomic mass is 10.8. The molecule has 0 bridgehead atoms. The second-order valence-electron chi connectivity index (χ2n) is 1.21. The van der Waals surface area contributed by atoms with Gasteiger partial charge in [0.1, 0.15) is 0 Å². The lowest BCUT2D eigenvalue weighted by Gasteiger charge is -1.68. The first-order chi connectivity index (χ1) is 4.50. The van der Waals surface area contributed by atoms with E-state index in [1.807, 2.05) is 6.07 Å². The second-order valence-corrected chi connectivity index (χ2v) is 2.11. The molecule has 66 valence electrons. The minimum absolute atomic E-state index is 0. The van der Waals surface area contributed by atoms with Gasteiger partial charge in [-0.3, -0.25) is 14.2 Å². The van der Waals surface area contributed by atoms with Crippen LogP contribution in [0.25, 0.3) is 0 Å². The van der Waals surface area contributed by atoms with Crippen LogP contribution in [0.1, 0.15) is 0 Å². The number of hydrogen-bond acceptors (Lipinski definition) is 3. The minimum Gasteiger partial charge on any atom is -0.412 e. The van der Waals surface area contributed by atoms with Crippen molar-refractivity contribution < 1.29 is 23.0 Å². The Bertz CT molecular complexity index is 215. The number of aromatic amines is 1. The Morgan fingerprint density at radius 2 is 1.82 bits per heavy atom. The first-order valence-electron chi connectivity index (χ1n) is 2.14. The highest BCUT2D eigenvalue weighted by Crippen LogP contribution is 1.64. The number of hydrogen-bond donors (Lipinski definition) is 3. The molecule has 0 aliphatic rings. The number of nitrogens with zero attached hydrogens (tertiary/aromatic N) is 1. The zero-order chi connectivity index (χ0) is 8.04. The van der Waals surface area contributed by atoms with Crippen LogP contribution in [-0.4, -0.2) is 33.2 Å². The largest absolute Gasteiger partial charge is 0.412 e. The van der Waals surface area contributed by atoms with E-state index in [0.29, 0.717) is 0 Å². The third-order valence-corrected chi connectivity index (χ3v) is 0.406. The zero-order valence-corrected chi connectivity index (χ0v) is 6.11. The summed E-state index contributed by atoms with van der Waals surface area (Å²) in [7, 11) is -4.67. The van der Waals surface area contributed by atoms with Crippen molar-refractivity contribution >= 4 is 10.4 Å². The molecule has 7 nitrogen and oxygen atoms in total. The van der Waals surface area contributed by atoms with Crippen LogP contribution in [0.15, 0.2) is 18.5 Å². The van der Waals surface area contributed by atoms with Crippen molar-refractivity contribution in [2.75, 3.05) is 0 Å². The maximum atomic E-state index is 8.74. The predicted molar refractivity (Wildman–Crippen MR) is 36.4 cm³/mol. The van der Waals surface area contributed by atoms with Gasteiger partial charge in [0.05, 0.1) is 0 Å². The van der Waals surface area contributed by atoms with Gasteiger partial charge in [-0.2, -0.15) is 13.5 Å². The molecule has 0 aliphatic carbocycles. The summed E-state index contributed by atoms with van der Waals surface area (Å²) in [5.41, 5.74) is 0. The van der Waals surface area contributed by atoms with Gasteiger partial charge in [-0.1, -0.05) is 0 Å². The highest BCUT2D eigenvalue weighted by atomic mass is 32.3. The first kappa shape index (κ1) is 12.7. The van der Waals surface area contributed by atoms with Crippen LogP contribution in [0.5, 0.6) is 0 Å². The average molecular weight is 184 g/mol. The van der Waals surface area contributed by atoms with Crippen molar-refractivity contribution in [3.8, 4) is 0 Å². The fourth-order valence-electron chi connectivity index (χ4n) is 0.215. The lowest BCUT2D eigenvalue weighted by molar-refractivity contribution is 0.381. The van der Waals surface area contributed by atoms with Gasteiger partial charge in [0.15, 0.2) is 0 Å². The summed E-state index contributed by atoms with van der Waals surface area (Å²) in [6.07, 6.45) is 3.46. The number of nitrogens with one attached hydrogen (secondary N) is 1. The lowest BCUT2D eigenvalue weighted by Crippen LogP contribution is -1.89. The molecule has 1 rings (SSSR count). The van der Waals surface area contributed by atoms with Crippen molar-refractivity contribution in [2.24, 2.45) is 0 Å². The molecule has 0 atom stereocenters. The maximum absolute atomic E-state index is 8.74. The molecule has 0 unspecified atom stereocenters. The zero-order valence-electron chi connectivity index (χ0n) is 5.30. The standard InChI is InChI=1S/C3H4N2.H2O4S.H2O/c1-2-4-5-3-1;1-5(2,3)4;/h1-3H,(H,4,5);(H2,1,2,3,4);1H2. The van der Waals surface area contributed by atoms with Gasteiger partial charge in [0, 0.05) is 12.4 Å². The molecule has 8 heteroatoms. The van der Waals surface area contributed by atoms with Crippen LogP contribution in [0.4, 0.5) is 0 Å². The summed E-state index contributed by atoms with van der Waals surface area (Å²) in [6, 6.07) is 1.83. The molecule has 0 aromatic carbocycles. The number of aromatic nitrogens is 2. The summed E-state index contributed by atoms with van der Waals surface area (Å²) < 4.78 is 31.6. The van der Waals surface area contributed by atoms with E-state index >= 15 is 0 Å². The molecule has 1 aromatic heterocycles. The fourth-order valence-corrected chi connectivity index (χ4v) is 0.215. The van der Waals surface area contributed by atoms with Crippen LogP contribution < -0.4 is 0 Å². The third-order valence-electron chi connectivity index (χ3n) is 0.406. The van der Waals surface area contributed by atoms with E-state index in [1.165, 1.54) is 0 Å². The topological polar surface area (TPSA) is 135 Å². The van der Waals surface area contributed by atoms with Gasteiger partial charge < -0.3 is 5.48 Å². The molecule has 0 amide bonds. The van der Waals surface area contributed by atoms with Crippen molar-refractivity contribution in [2.45, 2.75) is 0 Å². The molecule has 0 spiro atoms. The van der Waals surface area contributed by atoms with Gasteiger partial charge in [-0.15, -0.1) is 0 Å². The van der Waals surface area contributed by atoms with Gasteiger partial charge in [-0.05, 0) is 6.07 Å². The van der Waals surface area contributed by atoms with Crippen molar-refractivity contribution in [1.29, 1.82) is 0 Å². The van der Waals surface area contributed by atoms with E-state index in [4.69, 9.17) is 17.5 Å². The minimum atomic E-state index is -4.67. The fraction of sp³-hybridized carbons (Fsp3) is 0. The highest BCUT2D eigenvalue weighted by Gasteiger charge is 1.84. The van der Waals surface area contributed by atoms with Crippen molar-refractivity contribution in [3.63, 3.8) is 0 Å². The van der Waals surface area contributed by atoms with E-state index in [9.17, 15) is 0 Å². The Labute approximate surface area is 62.9 Å². The summed E-state index contributed by atoms with van der Waals surface area (Å²) in [5, 5.41) is 6.21. The molecule has 0 radical (unpaired) electrons. The molecule has 1 heterocycles. The van der Waals surface area contributed by atoms with Crippen LogP contribution in [0, 0.1) is 0 Å². The Morgan fingerprint density at radius 1 is 1.36 bits per heavy atom. The average Bonchev–Trinajstić information content (AvgIpc) is 2.07. The Morgan fingerprint density at radius 3 is 1.91 bits per heavy atom. The third kappa shape index (κ3) is 27.5. The quantitative estimate of drug-likeness (QED) is 0.441. The Kier molecular flexibility index (Phi) is 6.69. The SMILES string of the molecule is O.O=S(=O)(O)O.c1cn[nH]c1. The summed E-state index contributed by atoms with van der Waals surface area (Å²) in [4.78, 5) is 0. The number of rotatable bonds is 0. The molecule has 0 aliphatic heterocycles. The van der Waals surface area contributed by atoms with Gasteiger partial charge in [-0.25, -0.2) is 0 Å². The first-order valence-corrected chi connectivity index (χ1v) is 3.53. The summed E-state index contributed by atoms with van der Waals surface area (Å²) >= 11 is 0. The monoisotopic (exact) mass is 184 g/mol. The van der Waals surface area contributed by atoms with E-state index in [1.54, 1.807) is 12.4 Å². The van der Waals surface area contributed by atoms with E-state index in [-0.39, 0.29) is 5.48 Å². The molecule has 0 fully saturated rings. The Balaban J connectivity index is 0. The van der Waals surface area contributed by atoms with E-state index in [2.05, 4.69) is 10.2 Å². The molecule has 5 N–H and O–H groups in total. The van der Waals surface area contributed by atoms with Crippen LogP contribution in [0.3, 0.4) is 0 Å². The van der Waals surface area contributed by atoms with Crippen molar-refractivity contribution in [3.05, 3.63) is 18.5 Å². The Hall–Kier alpha value is -0.960. The molecule has 1 aromatic rings. The summed E-state index contributed by atoms with van der Waals surface area (Å²) in [6.45, 7) is 0. The molecular formula is C3H8N2O5S. The molecule has 11 heavy (non-hydrogen) atoms. The van der Waals surface area contributed by atoms with Gasteiger partial charge >= 0.3 is 10.4 Å². The van der Waals surface area contributed by atoms with Crippen LogP contribution in [-0.2, 0) is 10.4 Å². The van der Waals surface area contributed by atoms with Gasteiger partial charge in [0.2, 0.25) is 0 Å². The van der Waals surface area contributed by atoms with Crippen LogP contribution in [0.2, 0.25) is 0 Å². The van der Waals surface area contributed by atoms with E-state index in [0.717, 1.165) is 0 Å². The van der Waals surface area contributed by atoms with Gasteiger partial charge in [0.25, 0.3) is 0 Å². The van der Waals surface area contributed by atoms with Crippen LogP contribution >= 0.6 is 0 Å². The molecule has 0 saturated heterocycles. The maximum Gasteiger partial charge on any atom is 0.394 e. The van der Waals surface area contributed by atoms with Crippen molar-refractivity contribution in [1.82, 2.24) is 10.2 Å². The normalized spacial score (nSPS) is 8.91. The summed E-state index contributed by atoms with van der Waals surface area (Å²) in [5.74, 6) is 0. The smallest absolute Gasteiger partial charge is 0.394 e. The molecule has 0 saturated carbocycles. The second kappa shape index (κ2) is 5.80. The van der Waals surface area contributed by atoms with E-state index < -0.39 is 10.4 Å². The number of H-pyrrole nitrogens is 1.